The molecule has 0 aromatic heterocycles. The molecule has 2 rings (SSSR count). The average molecular weight is 173 g/mol. The van der Waals surface area contributed by atoms with Crippen molar-refractivity contribution in [3.63, 3.8) is 0 Å². The van der Waals surface area contributed by atoms with Crippen LogP contribution in [0.15, 0.2) is 0 Å². The summed E-state index contributed by atoms with van der Waals surface area (Å²) in [6, 6.07) is 0. The number of hydrogen-bond acceptors (Lipinski definition) is 2. The third-order valence-electron chi connectivity index (χ3n) is 2.95. The molecule has 3 nitrogen and oxygen atoms in total. The van der Waals surface area contributed by atoms with Crippen LogP contribution in [0, 0.1) is 0 Å². The number of carbonyl (C=O) groups excluding carboxylic acids is 1. The Morgan fingerprint density at radius 3 is 3.08 bits per heavy atom. The lowest BCUT2D eigenvalue weighted by Gasteiger charge is -2.28. The van der Waals surface area contributed by atoms with Crippen molar-refractivity contribution in [2.24, 2.45) is 0 Å². The standard InChI is InChI=1S/C8H12FNO2/c9-6-3-8(5-11)2-1-7(12)10(8)4-6/h6,11H,1-5H2/t6?,8-/m1/s1. The molecule has 2 fully saturated rings. The first-order valence-electron chi connectivity index (χ1n) is 4.23. The highest BCUT2D eigenvalue weighted by atomic mass is 19.1. The zero-order chi connectivity index (χ0) is 8.77. The summed E-state index contributed by atoms with van der Waals surface area (Å²) >= 11 is 0. The van der Waals surface area contributed by atoms with Crippen LogP contribution in [0.2, 0.25) is 0 Å². The zero-order valence-corrected chi connectivity index (χ0v) is 6.79. The second-order valence-corrected chi connectivity index (χ2v) is 3.69. The number of alkyl halides is 1. The van der Waals surface area contributed by atoms with Crippen LogP contribution in [0.3, 0.4) is 0 Å². The molecule has 0 radical (unpaired) electrons. The van der Waals surface area contributed by atoms with E-state index >= 15 is 0 Å². The predicted molar refractivity (Wildman–Crippen MR) is 40.3 cm³/mol. The number of aliphatic hydroxyl groups is 1. The maximum atomic E-state index is 12.9. The van der Waals surface area contributed by atoms with Crippen molar-refractivity contribution in [1.82, 2.24) is 4.90 Å². The highest BCUT2D eigenvalue weighted by Crippen LogP contribution is 2.40. The maximum Gasteiger partial charge on any atom is 0.223 e. The van der Waals surface area contributed by atoms with Crippen molar-refractivity contribution in [2.45, 2.75) is 31.0 Å². The number of aliphatic hydroxyl groups excluding tert-OH is 1. The van der Waals surface area contributed by atoms with Crippen LogP contribution >= 0.6 is 0 Å². The van der Waals surface area contributed by atoms with Gasteiger partial charge in [0, 0.05) is 12.8 Å². The van der Waals surface area contributed by atoms with E-state index in [1.807, 2.05) is 0 Å². The van der Waals surface area contributed by atoms with Gasteiger partial charge in [0.05, 0.1) is 18.7 Å². The Labute approximate surface area is 70.2 Å². The third-order valence-corrected chi connectivity index (χ3v) is 2.95. The fourth-order valence-corrected chi connectivity index (χ4v) is 2.29. The number of halogens is 1. The topological polar surface area (TPSA) is 40.5 Å². The summed E-state index contributed by atoms with van der Waals surface area (Å²) in [5.41, 5.74) is -0.545. The summed E-state index contributed by atoms with van der Waals surface area (Å²) in [4.78, 5) is 12.7. The van der Waals surface area contributed by atoms with Gasteiger partial charge in [-0.2, -0.15) is 0 Å². The molecule has 2 aliphatic rings. The molecule has 2 saturated heterocycles. The highest BCUT2D eigenvalue weighted by Gasteiger charge is 2.51. The van der Waals surface area contributed by atoms with E-state index in [-0.39, 0.29) is 19.1 Å². The van der Waals surface area contributed by atoms with Crippen molar-refractivity contribution in [1.29, 1.82) is 0 Å². The van der Waals surface area contributed by atoms with Gasteiger partial charge in [0.25, 0.3) is 0 Å². The summed E-state index contributed by atoms with van der Waals surface area (Å²) < 4.78 is 12.9. The summed E-state index contributed by atoms with van der Waals surface area (Å²) in [6.07, 6.45) is 0.451. The fourth-order valence-electron chi connectivity index (χ4n) is 2.29. The molecule has 2 aliphatic heterocycles. The summed E-state index contributed by atoms with van der Waals surface area (Å²) in [6.45, 7) is 0.0819. The van der Waals surface area contributed by atoms with Crippen LogP contribution in [0.4, 0.5) is 4.39 Å². The van der Waals surface area contributed by atoms with Crippen LogP contribution in [-0.4, -0.2) is 40.8 Å². The van der Waals surface area contributed by atoms with Crippen LogP contribution in [0.5, 0.6) is 0 Å². The molecule has 12 heavy (non-hydrogen) atoms. The van der Waals surface area contributed by atoms with E-state index in [0.29, 0.717) is 19.3 Å². The fraction of sp³-hybridized carbons (Fsp3) is 0.875. The smallest absolute Gasteiger partial charge is 0.223 e. The Morgan fingerprint density at radius 1 is 1.75 bits per heavy atom. The Bertz CT molecular complexity index is 221. The largest absolute Gasteiger partial charge is 0.394 e. The van der Waals surface area contributed by atoms with Gasteiger partial charge in [-0.3, -0.25) is 4.79 Å². The summed E-state index contributed by atoms with van der Waals surface area (Å²) in [5.74, 6) is -0.01000. The van der Waals surface area contributed by atoms with Gasteiger partial charge in [0.15, 0.2) is 0 Å². The van der Waals surface area contributed by atoms with Crippen LogP contribution in [-0.2, 0) is 4.79 Å². The molecule has 0 aliphatic carbocycles. The highest BCUT2D eigenvalue weighted by molar-refractivity contribution is 5.80. The molecule has 4 heteroatoms. The van der Waals surface area contributed by atoms with E-state index in [1.165, 1.54) is 4.90 Å². The molecule has 1 amide bonds. The number of carbonyl (C=O) groups is 1. The van der Waals surface area contributed by atoms with Gasteiger partial charge < -0.3 is 10.0 Å². The minimum absolute atomic E-state index is 0.01000. The Balaban J connectivity index is 2.25. The molecule has 2 heterocycles. The number of hydrogen-bond donors (Lipinski definition) is 1. The van der Waals surface area contributed by atoms with Gasteiger partial charge in [-0.25, -0.2) is 4.39 Å². The first-order valence-corrected chi connectivity index (χ1v) is 4.23. The van der Waals surface area contributed by atoms with E-state index in [9.17, 15) is 9.18 Å². The van der Waals surface area contributed by atoms with E-state index in [2.05, 4.69) is 0 Å². The minimum Gasteiger partial charge on any atom is -0.394 e. The number of fused-ring (bicyclic) bond motifs is 1. The third kappa shape index (κ3) is 0.874. The Kier molecular flexibility index (Phi) is 1.61. The van der Waals surface area contributed by atoms with E-state index in [1.54, 1.807) is 0 Å². The maximum absolute atomic E-state index is 12.9. The van der Waals surface area contributed by atoms with Crippen molar-refractivity contribution in [3.05, 3.63) is 0 Å². The normalized spacial score (nSPS) is 40.7. The minimum atomic E-state index is -0.943. The summed E-state index contributed by atoms with van der Waals surface area (Å²) in [5, 5.41) is 9.10. The number of amides is 1. The van der Waals surface area contributed by atoms with Gasteiger partial charge in [-0.05, 0) is 6.42 Å². The van der Waals surface area contributed by atoms with Crippen LogP contribution < -0.4 is 0 Å². The van der Waals surface area contributed by atoms with Crippen molar-refractivity contribution in [2.75, 3.05) is 13.2 Å². The summed E-state index contributed by atoms with van der Waals surface area (Å²) in [7, 11) is 0. The van der Waals surface area contributed by atoms with E-state index in [0.717, 1.165) is 0 Å². The monoisotopic (exact) mass is 173 g/mol. The first kappa shape index (κ1) is 7.98. The molecule has 1 unspecified atom stereocenters. The van der Waals surface area contributed by atoms with Crippen molar-refractivity contribution < 1.29 is 14.3 Å². The zero-order valence-electron chi connectivity index (χ0n) is 6.79. The van der Waals surface area contributed by atoms with Gasteiger partial charge in [0.1, 0.15) is 6.17 Å². The van der Waals surface area contributed by atoms with E-state index in [4.69, 9.17) is 5.11 Å². The molecule has 0 spiro atoms. The van der Waals surface area contributed by atoms with Gasteiger partial charge >= 0.3 is 0 Å². The quantitative estimate of drug-likeness (QED) is 0.610. The molecule has 0 aromatic rings. The molecule has 0 saturated carbocycles. The lowest BCUT2D eigenvalue weighted by Crippen LogP contribution is -2.43. The van der Waals surface area contributed by atoms with Crippen LogP contribution in [0.1, 0.15) is 19.3 Å². The van der Waals surface area contributed by atoms with Gasteiger partial charge in [-0.15, -0.1) is 0 Å². The Hall–Kier alpha value is -0.640. The second kappa shape index (κ2) is 2.42. The lowest BCUT2D eigenvalue weighted by atomic mass is 9.95. The SMILES string of the molecule is O=C1CC[C@]2(CO)CC(F)CN12. The average Bonchev–Trinajstić information content (AvgIpc) is 2.51. The number of rotatable bonds is 1. The molecule has 0 aromatic carbocycles. The van der Waals surface area contributed by atoms with E-state index < -0.39 is 11.7 Å². The molecular formula is C8H12FNO2. The lowest BCUT2D eigenvalue weighted by molar-refractivity contribution is -0.130. The van der Waals surface area contributed by atoms with Gasteiger partial charge in [0.2, 0.25) is 5.91 Å². The molecule has 1 N–H and O–H groups in total. The molecule has 0 bridgehead atoms. The van der Waals surface area contributed by atoms with Crippen molar-refractivity contribution >= 4 is 5.91 Å². The second-order valence-electron chi connectivity index (χ2n) is 3.69. The van der Waals surface area contributed by atoms with Crippen molar-refractivity contribution in [3.8, 4) is 0 Å². The molecule has 2 atom stereocenters. The van der Waals surface area contributed by atoms with Crippen LogP contribution in [0.25, 0.3) is 0 Å². The molecule has 68 valence electrons. The predicted octanol–water partition coefficient (Wildman–Crippen LogP) is 0.0817. The Morgan fingerprint density at radius 2 is 2.50 bits per heavy atom. The first-order chi connectivity index (χ1) is 5.68. The molecular weight excluding hydrogens is 161 g/mol. The van der Waals surface area contributed by atoms with Gasteiger partial charge in [-0.1, -0.05) is 0 Å². The number of nitrogens with zero attached hydrogens (tertiary/aromatic N) is 1.